The van der Waals surface area contributed by atoms with E-state index in [2.05, 4.69) is 9.97 Å². The van der Waals surface area contributed by atoms with E-state index in [1.807, 2.05) is 30.3 Å². The topological polar surface area (TPSA) is 64.9 Å². The van der Waals surface area contributed by atoms with Crippen LogP contribution in [0.2, 0.25) is 5.02 Å². The van der Waals surface area contributed by atoms with Crippen molar-refractivity contribution in [1.29, 1.82) is 0 Å². The molecule has 0 saturated heterocycles. The van der Waals surface area contributed by atoms with E-state index in [-0.39, 0.29) is 6.54 Å². The highest BCUT2D eigenvalue weighted by molar-refractivity contribution is 6.30. The zero-order chi connectivity index (χ0) is 12.5. The lowest BCUT2D eigenvalue weighted by Crippen LogP contribution is -1.95. The van der Waals surface area contributed by atoms with Crippen LogP contribution in [0.3, 0.4) is 0 Å². The highest BCUT2D eigenvalue weighted by Crippen LogP contribution is 2.24. The molecule has 0 unspecified atom stereocenters. The molecule has 0 bridgehead atoms. The summed E-state index contributed by atoms with van der Waals surface area (Å²) in [4.78, 5) is 8.41. The summed E-state index contributed by atoms with van der Waals surface area (Å²) in [6, 6.07) is 9.45. The van der Waals surface area contributed by atoms with Gasteiger partial charge in [-0.15, -0.1) is 0 Å². The van der Waals surface area contributed by atoms with Gasteiger partial charge >= 0.3 is 0 Å². The van der Waals surface area contributed by atoms with Gasteiger partial charge in [0.2, 0.25) is 5.89 Å². The van der Waals surface area contributed by atoms with E-state index < -0.39 is 0 Å². The molecule has 0 saturated carbocycles. The van der Waals surface area contributed by atoms with Crippen molar-refractivity contribution in [2.24, 2.45) is 5.73 Å². The van der Waals surface area contributed by atoms with Crippen molar-refractivity contribution < 1.29 is 4.42 Å². The van der Waals surface area contributed by atoms with Crippen LogP contribution in [0, 0.1) is 0 Å². The van der Waals surface area contributed by atoms with E-state index in [1.54, 1.807) is 6.20 Å². The number of hydrogen-bond donors (Lipinski definition) is 1. The summed E-state index contributed by atoms with van der Waals surface area (Å²) in [5.41, 5.74) is 8.68. The molecule has 0 amide bonds. The minimum absolute atomic E-state index is 0.270. The highest BCUT2D eigenvalue weighted by Gasteiger charge is 2.07. The van der Waals surface area contributed by atoms with Crippen LogP contribution in [0.4, 0.5) is 0 Å². The smallest absolute Gasteiger partial charge is 0.210 e. The Labute approximate surface area is 108 Å². The first-order valence-corrected chi connectivity index (χ1v) is 5.85. The number of oxazole rings is 1. The van der Waals surface area contributed by atoms with Gasteiger partial charge in [0.1, 0.15) is 0 Å². The number of benzene rings is 1. The third-order valence-corrected chi connectivity index (χ3v) is 2.90. The van der Waals surface area contributed by atoms with Gasteiger partial charge in [-0.2, -0.15) is 4.98 Å². The van der Waals surface area contributed by atoms with Crippen LogP contribution in [0.25, 0.3) is 22.4 Å². The minimum Gasteiger partial charge on any atom is -0.438 e. The quantitative estimate of drug-likeness (QED) is 0.768. The summed E-state index contributed by atoms with van der Waals surface area (Å²) in [5, 5.41) is 0.706. The van der Waals surface area contributed by atoms with Crippen LogP contribution in [-0.2, 0) is 6.54 Å². The number of hydrogen-bond acceptors (Lipinski definition) is 4. The zero-order valence-electron chi connectivity index (χ0n) is 9.43. The van der Waals surface area contributed by atoms with Crippen LogP contribution >= 0.6 is 11.6 Å². The van der Waals surface area contributed by atoms with Gasteiger partial charge in [-0.05, 0) is 23.8 Å². The number of halogens is 1. The van der Waals surface area contributed by atoms with Gasteiger partial charge in [-0.1, -0.05) is 23.7 Å². The van der Waals surface area contributed by atoms with Crippen LogP contribution in [-0.4, -0.2) is 9.97 Å². The summed E-state index contributed by atoms with van der Waals surface area (Å²) >= 11 is 5.86. The Morgan fingerprint density at radius 3 is 2.67 bits per heavy atom. The fourth-order valence-corrected chi connectivity index (χ4v) is 1.88. The highest BCUT2D eigenvalue weighted by atomic mass is 35.5. The van der Waals surface area contributed by atoms with E-state index in [0.29, 0.717) is 22.1 Å². The maximum absolute atomic E-state index is 5.86. The van der Waals surface area contributed by atoms with Crippen LogP contribution < -0.4 is 5.73 Å². The lowest BCUT2D eigenvalue weighted by molar-refractivity contribution is 0.533. The molecule has 0 aliphatic carbocycles. The van der Waals surface area contributed by atoms with Crippen molar-refractivity contribution in [3.63, 3.8) is 0 Å². The first-order valence-electron chi connectivity index (χ1n) is 5.48. The lowest BCUT2D eigenvalue weighted by atomic mass is 10.1. The maximum Gasteiger partial charge on any atom is 0.210 e. The average molecular weight is 260 g/mol. The molecule has 5 heteroatoms. The summed E-state index contributed by atoms with van der Waals surface area (Å²) < 4.78 is 5.48. The number of pyridine rings is 1. The second-order valence-electron chi connectivity index (χ2n) is 3.86. The van der Waals surface area contributed by atoms with Crippen LogP contribution in [0.1, 0.15) is 5.89 Å². The Morgan fingerprint density at radius 2 is 1.94 bits per heavy atom. The van der Waals surface area contributed by atoms with E-state index in [9.17, 15) is 0 Å². The molecule has 2 aromatic heterocycles. The first-order chi connectivity index (χ1) is 8.76. The van der Waals surface area contributed by atoms with Crippen molar-refractivity contribution in [3.8, 4) is 11.1 Å². The summed E-state index contributed by atoms with van der Waals surface area (Å²) in [6.07, 6.45) is 1.76. The van der Waals surface area contributed by atoms with Crippen molar-refractivity contribution in [3.05, 3.63) is 47.4 Å². The Hall–Kier alpha value is -1.91. The zero-order valence-corrected chi connectivity index (χ0v) is 10.2. The molecule has 3 rings (SSSR count). The summed E-state index contributed by atoms with van der Waals surface area (Å²) in [6.45, 7) is 0.270. The van der Waals surface area contributed by atoms with Gasteiger partial charge in [-0.25, -0.2) is 4.98 Å². The summed E-state index contributed by atoms with van der Waals surface area (Å²) in [5.74, 6) is 0.491. The molecule has 0 radical (unpaired) electrons. The molecule has 0 aliphatic rings. The fourth-order valence-electron chi connectivity index (χ4n) is 1.75. The number of rotatable bonds is 2. The Bertz CT molecular complexity index is 691. The second kappa shape index (κ2) is 4.40. The molecule has 1 aromatic carbocycles. The monoisotopic (exact) mass is 259 g/mol. The molecule has 2 N–H and O–H groups in total. The van der Waals surface area contributed by atoms with Crippen LogP contribution in [0.5, 0.6) is 0 Å². The average Bonchev–Trinajstić information content (AvgIpc) is 2.81. The third-order valence-electron chi connectivity index (χ3n) is 2.64. The van der Waals surface area contributed by atoms with E-state index in [4.69, 9.17) is 21.8 Å². The largest absolute Gasteiger partial charge is 0.438 e. The van der Waals surface area contributed by atoms with Crippen molar-refractivity contribution >= 4 is 22.8 Å². The minimum atomic E-state index is 0.270. The number of nitrogens with zero attached hydrogens (tertiary/aromatic N) is 2. The van der Waals surface area contributed by atoms with Crippen molar-refractivity contribution in [1.82, 2.24) is 9.97 Å². The standard InChI is InChI=1S/C13H10ClN3O/c14-10-3-1-8(2-4-10)9-5-11-13(16-7-9)17-12(6-15)18-11/h1-5,7H,6,15H2. The van der Waals surface area contributed by atoms with Gasteiger partial charge < -0.3 is 10.2 Å². The molecule has 0 fully saturated rings. The fraction of sp³-hybridized carbons (Fsp3) is 0.0769. The van der Waals surface area contributed by atoms with Gasteiger partial charge in [-0.3, -0.25) is 0 Å². The van der Waals surface area contributed by atoms with E-state index in [1.165, 1.54) is 0 Å². The molecule has 3 aromatic rings. The second-order valence-corrected chi connectivity index (χ2v) is 4.30. The molecular formula is C13H10ClN3O. The summed E-state index contributed by atoms with van der Waals surface area (Å²) in [7, 11) is 0. The number of nitrogens with two attached hydrogens (primary N) is 1. The van der Waals surface area contributed by atoms with Crippen molar-refractivity contribution in [2.75, 3.05) is 0 Å². The lowest BCUT2D eigenvalue weighted by Gasteiger charge is -2.00. The van der Waals surface area contributed by atoms with E-state index >= 15 is 0 Å². The van der Waals surface area contributed by atoms with Gasteiger partial charge in [0.25, 0.3) is 0 Å². The van der Waals surface area contributed by atoms with E-state index in [0.717, 1.165) is 11.1 Å². The van der Waals surface area contributed by atoms with Crippen molar-refractivity contribution in [2.45, 2.75) is 6.54 Å². The molecule has 2 heterocycles. The van der Waals surface area contributed by atoms with Gasteiger partial charge in [0.05, 0.1) is 6.54 Å². The SMILES string of the molecule is NCc1nc2ncc(-c3ccc(Cl)cc3)cc2o1. The normalized spacial score (nSPS) is 11.0. The number of aromatic nitrogens is 2. The Morgan fingerprint density at radius 1 is 1.17 bits per heavy atom. The predicted octanol–water partition coefficient (Wildman–Crippen LogP) is 3.00. The van der Waals surface area contributed by atoms with Crippen LogP contribution in [0.15, 0.2) is 40.9 Å². The predicted molar refractivity (Wildman–Crippen MR) is 70.1 cm³/mol. The molecule has 4 nitrogen and oxygen atoms in total. The van der Waals surface area contributed by atoms with Gasteiger partial charge in [0.15, 0.2) is 11.2 Å². The Kier molecular flexibility index (Phi) is 2.74. The first kappa shape index (κ1) is 11.2. The molecule has 0 aliphatic heterocycles. The molecule has 18 heavy (non-hydrogen) atoms. The Balaban J connectivity index is 2.09. The molecular weight excluding hydrogens is 250 g/mol. The third kappa shape index (κ3) is 1.96. The number of fused-ring (bicyclic) bond motifs is 1. The maximum atomic E-state index is 5.86. The van der Waals surface area contributed by atoms with Gasteiger partial charge in [0, 0.05) is 16.8 Å². The molecule has 0 spiro atoms. The molecule has 90 valence electrons. The molecule has 0 atom stereocenters.